The number of thiazole rings is 1. The molecule has 0 radical (unpaired) electrons. The Hall–Kier alpha value is -2.94. The van der Waals surface area contributed by atoms with Gasteiger partial charge in [-0.05, 0) is 32.0 Å². The van der Waals surface area contributed by atoms with E-state index in [4.69, 9.17) is 8.83 Å². The van der Waals surface area contributed by atoms with Crippen LogP contribution in [0.25, 0.3) is 11.5 Å². The van der Waals surface area contributed by atoms with Crippen LogP contribution in [0.3, 0.4) is 0 Å². The van der Waals surface area contributed by atoms with E-state index < -0.39 is 4.92 Å². The lowest BCUT2D eigenvalue weighted by Crippen LogP contribution is -2.14. The lowest BCUT2D eigenvalue weighted by Gasteiger charge is -2.00. The molecule has 0 saturated carbocycles. The molecule has 3 rings (SSSR count). The lowest BCUT2D eigenvalue weighted by molar-refractivity contribution is -0.402. The summed E-state index contributed by atoms with van der Waals surface area (Å²) >= 11 is 1.43. The van der Waals surface area contributed by atoms with E-state index >= 15 is 0 Å². The third-order valence-corrected chi connectivity index (χ3v) is 3.75. The molecule has 0 aliphatic carbocycles. The Morgan fingerprint density at radius 1 is 1.38 bits per heavy atom. The van der Waals surface area contributed by atoms with Gasteiger partial charge in [0.15, 0.2) is 11.5 Å². The standard InChI is InChI=1S/C15H14N4O4S/c1-10(2)17-15-18(12(9-24-15)13-4-3-7-22-13)16-8-11-5-6-14(23-11)19(20)21/h3-10H,1-2H3. The van der Waals surface area contributed by atoms with Crippen LogP contribution in [0.4, 0.5) is 5.88 Å². The van der Waals surface area contributed by atoms with E-state index in [9.17, 15) is 10.1 Å². The van der Waals surface area contributed by atoms with Crippen LogP contribution in [0.15, 0.2) is 54.8 Å². The van der Waals surface area contributed by atoms with Crippen LogP contribution in [0.1, 0.15) is 19.6 Å². The predicted octanol–water partition coefficient (Wildman–Crippen LogP) is 3.50. The maximum atomic E-state index is 10.7. The zero-order valence-electron chi connectivity index (χ0n) is 12.9. The highest BCUT2D eigenvalue weighted by Crippen LogP contribution is 2.21. The van der Waals surface area contributed by atoms with E-state index in [1.807, 2.05) is 25.3 Å². The minimum absolute atomic E-state index is 0.0965. The van der Waals surface area contributed by atoms with Crippen LogP contribution in [0.2, 0.25) is 0 Å². The Morgan fingerprint density at radius 2 is 2.21 bits per heavy atom. The average Bonchev–Trinajstić information content (AvgIpc) is 3.25. The van der Waals surface area contributed by atoms with Crippen LogP contribution < -0.4 is 4.80 Å². The fraction of sp³-hybridized carbons (Fsp3) is 0.200. The second kappa shape index (κ2) is 6.67. The number of aromatic nitrogens is 1. The highest BCUT2D eigenvalue weighted by Gasteiger charge is 2.12. The molecule has 0 atom stereocenters. The fourth-order valence-corrected chi connectivity index (χ4v) is 2.89. The van der Waals surface area contributed by atoms with Gasteiger partial charge in [-0.25, -0.2) is 4.68 Å². The predicted molar refractivity (Wildman–Crippen MR) is 89.1 cm³/mol. The van der Waals surface area contributed by atoms with E-state index in [2.05, 4.69) is 10.1 Å². The van der Waals surface area contributed by atoms with Crippen molar-refractivity contribution >= 4 is 23.4 Å². The van der Waals surface area contributed by atoms with Crippen LogP contribution in [0.5, 0.6) is 0 Å². The first kappa shape index (κ1) is 15.9. The van der Waals surface area contributed by atoms with Crippen LogP contribution in [0, 0.1) is 10.1 Å². The molecule has 0 amide bonds. The molecule has 0 fully saturated rings. The number of nitro groups is 1. The molecule has 124 valence electrons. The largest absolute Gasteiger partial charge is 0.463 e. The summed E-state index contributed by atoms with van der Waals surface area (Å²) in [6.07, 6.45) is 2.99. The molecule has 0 aliphatic rings. The fourth-order valence-electron chi connectivity index (χ4n) is 1.94. The zero-order chi connectivity index (χ0) is 17.1. The number of rotatable bonds is 5. The van der Waals surface area contributed by atoms with E-state index in [0.717, 1.165) is 5.69 Å². The Morgan fingerprint density at radius 3 is 2.83 bits per heavy atom. The van der Waals surface area contributed by atoms with Crippen molar-refractivity contribution in [1.29, 1.82) is 0 Å². The minimum atomic E-state index is -0.594. The molecule has 0 saturated heterocycles. The quantitative estimate of drug-likeness (QED) is 0.401. The second-order valence-corrected chi connectivity index (χ2v) is 5.93. The summed E-state index contributed by atoms with van der Waals surface area (Å²) in [5.41, 5.74) is 0.738. The smallest absolute Gasteiger partial charge is 0.433 e. The van der Waals surface area contributed by atoms with Crippen molar-refractivity contribution in [1.82, 2.24) is 4.68 Å². The van der Waals surface area contributed by atoms with E-state index in [0.29, 0.717) is 10.6 Å². The Labute approximate surface area is 140 Å². The molecule has 0 spiro atoms. The number of furan rings is 2. The number of hydrogen-bond acceptors (Lipinski definition) is 7. The summed E-state index contributed by atoms with van der Waals surface area (Å²) in [5.74, 6) is 0.602. The highest BCUT2D eigenvalue weighted by atomic mass is 32.1. The van der Waals surface area contributed by atoms with Crippen molar-refractivity contribution < 1.29 is 13.8 Å². The molecular weight excluding hydrogens is 332 g/mol. The summed E-state index contributed by atoms with van der Waals surface area (Å²) in [4.78, 5) is 15.3. The van der Waals surface area contributed by atoms with Gasteiger partial charge in [0, 0.05) is 11.4 Å². The second-order valence-electron chi connectivity index (χ2n) is 5.09. The summed E-state index contributed by atoms with van der Waals surface area (Å²) < 4.78 is 12.1. The van der Waals surface area contributed by atoms with E-state index in [1.165, 1.54) is 29.7 Å². The Balaban J connectivity index is 2.02. The topological polar surface area (TPSA) is 99.1 Å². The first-order valence-corrected chi connectivity index (χ1v) is 7.99. The first-order chi connectivity index (χ1) is 11.5. The zero-order valence-corrected chi connectivity index (χ0v) is 13.8. The normalized spacial score (nSPS) is 12.5. The van der Waals surface area contributed by atoms with Gasteiger partial charge in [0.25, 0.3) is 0 Å². The summed E-state index contributed by atoms with van der Waals surface area (Å²) in [6.45, 7) is 3.94. The molecule has 0 unspecified atom stereocenters. The van der Waals surface area contributed by atoms with Crippen molar-refractivity contribution in [2.75, 3.05) is 0 Å². The molecule has 3 heterocycles. The third-order valence-electron chi connectivity index (χ3n) is 2.92. The van der Waals surface area contributed by atoms with Crippen LogP contribution in [-0.4, -0.2) is 21.9 Å². The highest BCUT2D eigenvalue weighted by molar-refractivity contribution is 7.07. The molecule has 9 heteroatoms. The van der Waals surface area contributed by atoms with E-state index in [-0.39, 0.29) is 17.7 Å². The molecule has 8 nitrogen and oxygen atoms in total. The average molecular weight is 346 g/mol. The van der Waals surface area contributed by atoms with Gasteiger partial charge in [-0.15, -0.1) is 11.3 Å². The summed E-state index contributed by atoms with van der Waals surface area (Å²) in [5, 5.41) is 16.9. The summed E-state index contributed by atoms with van der Waals surface area (Å²) in [7, 11) is 0. The lowest BCUT2D eigenvalue weighted by atomic mass is 10.4. The molecule has 0 bridgehead atoms. The molecule has 0 aromatic carbocycles. The summed E-state index contributed by atoms with van der Waals surface area (Å²) in [6, 6.07) is 6.48. The van der Waals surface area contributed by atoms with E-state index in [1.54, 1.807) is 17.0 Å². The monoisotopic (exact) mass is 346 g/mol. The maximum absolute atomic E-state index is 10.7. The molecule has 0 aliphatic heterocycles. The molecular formula is C15H14N4O4S. The van der Waals surface area contributed by atoms with Gasteiger partial charge in [-0.1, -0.05) is 0 Å². The van der Waals surface area contributed by atoms with Crippen molar-refractivity contribution in [3.05, 3.63) is 56.6 Å². The third kappa shape index (κ3) is 3.35. The van der Waals surface area contributed by atoms with Gasteiger partial charge in [-0.2, -0.15) is 5.10 Å². The molecule has 24 heavy (non-hydrogen) atoms. The van der Waals surface area contributed by atoms with Crippen molar-refractivity contribution in [3.8, 4) is 11.5 Å². The van der Waals surface area contributed by atoms with Crippen LogP contribution in [-0.2, 0) is 0 Å². The Kier molecular flexibility index (Phi) is 4.43. The van der Waals surface area contributed by atoms with Gasteiger partial charge in [0.2, 0.25) is 4.80 Å². The minimum Gasteiger partial charge on any atom is -0.463 e. The van der Waals surface area contributed by atoms with Crippen molar-refractivity contribution in [2.45, 2.75) is 19.9 Å². The van der Waals surface area contributed by atoms with Crippen molar-refractivity contribution in [2.24, 2.45) is 10.1 Å². The SMILES string of the molecule is CC(C)N=c1scc(-c2ccco2)n1N=Cc1ccc([N+](=O)[O-])o1. The van der Waals surface area contributed by atoms with Gasteiger partial charge in [0.1, 0.15) is 10.6 Å². The first-order valence-electron chi connectivity index (χ1n) is 7.11. The number of nitrogens with zero attached hydrogens (tertiary/aromatic N) is 4. The molecule has 0 N–H and O–H groups in total. The van der Waals surface area contributed by atoms with Crippen molar-refractivity contribution in [3.63, 3.8) is 0 Å². The van der Waals surface area contributed by atoms with Gasteiger partial charge in [0.05, 0.1) is 18.5 Å². The van der Waals surface area contributed by atoms with Crippen LogP contribution >= 0.6 is 11.3 Å². The van der Waals surface area contributed by atoms with Gasteiger partial charge < -0.3 is 8.83 Å². The number of hydrogen-bond donors (Lipinski definition) is 0. The molecule has 3 aromatic heterocycles. The van der Waals surface area contributed by atoms with Gasteiger partial charge >= 0.3 is 5.88 Å². The molecule has 3 aromatic rings. The Bertz CT molecular complexity index is 931. The maximum Gasteiger partial charge on any atom is 0.433 e. The van der Waals surface area contributed by atoms with Gasteiger partial charge in [-0.3, -0.25) is 15.1 Å².